The standard InChI is InChI=1S/C15H28BNO2.ClH/c1-9(2)6-13(17)16-18-12-8-10-7-11(14(10,3)4)15(12,5)19-16;/h9-13H,6-8,17H2,1-5H3;1H/t10?,11?,12?,13?,15-;/m1./s1. The Bertz CT molecular complexity index is 379. The number of rotatable bonds is 3. The topological polar surface area (TPSA) is 44.5 Å². The summed E-state index contributed by atoms with van der Waals surface area (Å²) >= 11 is 0. The molecule has 3 nitrogen and oxygen atoms in total. The van der Waals surface area contributed by atoms with Crippen molar-refractivity contribution >= 4 is 19.5 Å². The van der Waals surface area contributed by atoms with Gasteiger partial charge >= 0.3 is 7.12 Å². The summed E-state index contributed by atoms with van der Waals surface area (Å²) in [6.45, 7) is 11.4. The van der Waals surface area contributed by atoms with Crippen molar-refractivity contribution in [2.75, 3.05) is 0 Å². The van der Waals surface area contributed by atoms with Crippen LogP contribution in [0.1, 0.15) is 53.9 Å². The van der Waals surface area contributed by atoms with Crippen LogP contribution >= 0.6 is 12.4 Å². The molecule has 20 heavy (non-hydrogen) atoms. The third-order valence-electron chi connectivity index (χ3n) is 6.06. The van der Waals surface area contributed by atoms with E-state index in [9.17, 15) is 0 Å². The van der Waals surface area contributed by atoms with E-state index in [1.165, 1.54) is 6.42 Å². The van der Waals surface area contributed by atoms with Crippen molar-refractivity contribution in [3.8, 4) is 0 Å². The molecule has 4 unspecified atom stereocenters. The maximum atomic E-state index is 6.35. The van der Waals surface area contributed by atoms with Gasteiger partial charge in [0.25, 0.3) is 0 Å². The minimum Gasteiger partial charge on any atom is -0.404 e. The van der Waals surface area contributed by atoms with E-state index in [1.54, 1.807) is 0 Å². The Balaban J connectivity index is 0.00000147. The van der Waals surface area contributed by atoms with E-state index in [1.807, 2.05) is 0 Å². The van der Waals surface area contributed by atoms with Crippen LogP contribution in [0.15, 0.2) is 0 Å². The SMILES string of the molecule is CC(C)CC(N)B1OC2CC3CC(C3(C)C)[C@@]2(C)O1.Cl. The monoisotopic (exact) mass is 301 g/mol. The molecule has 4 fully saturated rings. The first-order valence-corrected chi connectivity index (χ1v) is 7.84. The second-order valence-corrected chi connectivity index (χ2v) is 8.13. The van der Waals surface area contributed by atoms with Gasteiger partial charge in [0.2, 0.25) is 0 Å². The van der Waals surface area contributed by atoms with E-state index < -0.39 is 0 Å². The molecule has 0 aromatic carbocycles. The molecule has 1 saturated heterocycles. The average molecular weight is 302 g/mol. The highest BCUT2D eigenvalue weighted by Crippen LogP contribution is 2.65. The van der Waals surface area contributed by atoms with Gasteiger partial charge in [-0.3, -0.25) is 0 Å². The average Bonchev–Trinajstić information content (AvgIpc) is 2.64. The third kappa shape index (κ3) is 2.23. The Morgan fingerprint density at radius 1 is 1.25 bits per heavy atom. The Labute approximate surface area is 129 Å². The lowest BCUT2D eigenvalue weighted by molar-refractivity contribution is -0.199. The van der Waals surface area contributed by atoms with Crippen LogP contribution < -0.4 is 5.73 Å². The Morgan fingerprint density at radius 3 is 2.45 bits per heavy atom. The molecule has 3 saturated carbocycles. The summed E-state index contributed by atoms with van der Waals surface area (Å²) in [5.74, 6) is 2.02. The van der Waals surface area contributed by atoms with Crippen molar-refractivity contribution < 1.29 is 9.31 Å². The number of hydrogen-bond donors (Lipinski definition) is 1. The van der Waals surface area contributed by atoms with Gasteiger partial charge in [-0.2, -0.15) is 0 Å². The normalized spacial score (nSPS) is 42.8. The zero-order valence-electron chi connectivity index (χ0n) is 13.4. The maximum absolute atomic E-state index is 6.35. The van der Waals surface area contributed by atoms with E-state index >= 15 is 0 Å². The minimum absolute atomic E-state index is 0. The van der Waals surface area contributed by atoms with Crippen LogP contribution in [0, 0.1) is 23.2 Å². The smallest absolute Gasteiger partial charge is 0.404 e. The molecular weight excluding hydrogens is 272 g/mol. The van der Waals surface area contributed by atoms with Crippen LogP contribution in [0.4, 0.5) is 0 Å². The molecule has 0 amide bonds. The fourth-order valence-corrected chi connectivity index (χ4v) is 4.74. The second kappa shape index (κ2) is 5.15. The highest BCUT2D eigenvalue weighted by molar-refractivity contribution is 6.47. The summed E-state index contributed by atoms with van der Waals surface area (Å²) in [6.07, 6.45) is 3.67. The van der Waals surface area contributed by atoms with Gasteiger partial charge in [0.15, 0.2) is 0 Å². The summed E-state index contributed by atoms with van der Waals surface area (Å²) in [4.78, 5) is 0. The first-order valence-electron chi connectivity index (χ1n) is 7.84. The fraction of sp³-hybridized carbons (Fsp3) is 1.00. The van der Waals surface area contributed by atoms with Crippen LogP contribution in [-0.2, 0) is 9.31 Å². The highest BCUT2D eigenvalue weighted by atomic mass is 35.5. The van der Waals surface area contributed by atoms with Crippen molar-refractivity contribution in [3.63, 3.8) is 0 Å². The lowest BCUT2D eigenvalue weighted by atomic mass is 9.43. The molecule has 1 heterocycles. The largest absolute Gasteiger partial charge is 0.475 e. The number of hydrogen-bond acceptors (Lipinski definition) is 3. The quantitative estimate of drug-likeness (QED) is 0.815. The first-order chi connectivity index (χ1) is 8.75. The van der Waals surface area contributed by atoms with Gasteiger partial charge in [-0.15, -0.1) is 12.4 Å². The molecule has 0 aromatic rings. The third-order valence-corrected chi connectivity index (χ3v) is 6.06. The molecule has 5 heteroatoms. The fourth-order valence-electron chi connectivity index (χ4n) is 4.74. The van der Waals surface area contributed by atoms with Gasteiger partial charge in [0.1, 0.15) is 0 Å². The lowest BCUT2D eigenvalue weighted by Crippen LogP contribution is -2.65. The van der Waals surface area contributed by atoms with Crippen molar-refractivity contribution in [2.24, 2.45) is 28.9 Å². The van der Waals surface area contributed by atoms with Gasteiger partial charge in [0, 0.05) is 5.94 Å². The van der Waals surface area contributed by atoms with Crippen LogP contribution in [-0.4, -0.2) is 24.8 Å². The van der Waals surface area contributed by atoms with Crippen molar-refractivity contribution in [1.82, 2.24) is 0 Å². The van der Waals surface area contributed by atoms with Gasteiger partial charge in [-0.1, -0.05) is 27.7 Å². The van der Waals surface area contributed by atoms with Crippen molar-refractivity contribution in [3.05, 3.63) is 0 Å². The second-order valence-electron chi connectivity index (χ2n) is 8.13. The number of nitrogens with two attached hydrogens (primary N) is 1. The predicted octanol–water partition coefficient (Wildman–Crippen LogP) is 3.05. The molecule has 1 aliphatic heterocycles. The van der Waals surface area contributed by atoms with Crippen molar-refractivity contribution in [1.29, 1.82) is 0 Å². The van der Waals surface area contributed by atoms with E-state index in [4.69, 9.17) is 15.0 Å². The maximum Gasteiger partial charge on any atom is 0.475 e. The number of halogens is 1. The van der Waals surface area contributed by atoms with Crippen LogP contribution in [0.5, 0.6) is 0 Å². The van der Waals surface area contributed by atoms with Crippen molar-refractivity contribution in [2.45, 2.75) is 71.5 Å². The molecule has 0 spiro atoms. The van der Waals surface area contributed by atoms with Gasteiger partial charge in [0.05, 0.1) is 11.7 Å². The molecule has 116 valence electrons. The summed E-state index contributed by atoms with van der Waals surface area (Å²) in [6, 6.07) is 0. The molecule has 5 atom stereocenters. The zero-order chi connectivity index (χ0) is 14.0. The van der Waals surface area contributed by atoms with Gasteiger partial charge in [-0.05, 0) is 49.4 Å². The van der Waals surface area contributed by atoms with E-state index in [0.29, 0.717) is 17.3 Å². The highest BCUT2D eigenvalue weighted by Gasteiger charge is 2.68. The summed E-state index contributed by atoms with van der Waals surface area (Å²) < 4.78 is 12.5. The van der Waals surface area contributed by atoms with E-state index in [2.05, 4.69) is 34.6 Å². The summed E-state index contributed by atoms with van der Waals surface area (Å²) in [5.41, 5.74) is 6.56. The zero-order valence-corrected chi connectivity index (χ0v) is 14.2. The first kappa shape index (κ1) is 16.6. The Kier molecular flexibility index (Phi) is 4.28. The molecule has 4 aliphatic rings. The van der Waals surface area contributed by atoms with Crippen LogP contribution in [0.3, 0.4) is 0 Å². The van der Waals surface area contributed by atoms with E-state index in [0.717, 1.165) is 18.8 Å². The summed E-state index contributed by atoms with van der Waals surface area (Å²) in [7, 11) is -0.201. The van der Waals surface area contributed by atoms with Crippen LogP contribution in [0.2, 0.25) is 0 Å². The molecule has 0 radical (unpaired) electrons. The van der Waals surface area contributed by atoms with Gasteiger partial charge < -0.3 is 15.0 Å². The van der Waals surface area contributed by atoms with Crippen LogP contribution in [0.25, 0.3) is 0 Å². The van der Waals surface area contributed by atoms with E-state index in [-0.39, 0.29) is 37.2 Å². The molecule has 3 aliphatic carbocycles. The Morgan fingerprint density at radius 2 is 1.90 bits per heavy atom. The molecule has 4 rings (SSSR count). The summed E-state index contributed by atoms with van der Waals surface area (Å²) in [5, 5.41) is 0. The predicted molar refractivity (Wildman–Crippen MR) is 84.8 cm³/mol. The minimum atomic E-state index is -0.201. The lowest BCUT2D eigenvalue weighted by Gasteiger charge is -2.64. The molecule has 2 bridgehead atoms. The Hall–Kier alpha value is 0.235. The molecular formula is C15H29BClNO2. The molecule has 0 aromatic heterocycles. The van der Waals surface area contributed by atoms with Gasteiger partial charge in [-0.25, -0.2) is 0 Å². The molecule has 2 N–H and O–H groups in total.